The van der Waals surface area contributed by atoms with Crippen molar-refractivity contribution < 1.29 is 19.0 Å². The smallest absolute Gasteiger partial charge is 0.286 e. The number of nitrogens with zero attached hydrogens (tertiary/aromatic N) is 4. The van der Waals surface area contributed by atoms with Crippen molar-refractivity contribution in [3.8, 4) is 5.75 Å². The van der Waals surface area contributed by atoms with Gasteiger partial charge < -0.3 is 24.4 Å². The molecule has 0 radical (unpaired) electrons. The molecule has 10 nitrogen and oxygen atoms in total. The van der Waals surface area contributed by atoms with Gasteiger partial charge in [-0.05, 0) is 38.1 Å². The predicted octanol–water partition coefficient (Wildman–Crippen LogP) is 0.927. The zero-order valence-corrected chi connectivity index (χ0v) is 16.8. The van der Waals surface area contributed by atoms with Crippen LogP contribution in [0.4, 0.5) is 11.6 Å². The van der Waals surface area contributed by atoms with E-state index in [1.54, 1.807) is 7.11 Å². The summed E-state index contributed by atoms with van der Waals surface area (Å²) in [5.41, 5.74) is 0.129. The minimum atomic E-state index is -0.606. The van der Waals surface area contributed by atoms with Crippen LogP contribution in [0.15, 0.2) is 29.1 Å². The van der Waals surface area contributed by atoms with Crippen LogP contribution in [0.2, 0.25) is 0 Å². The van der Waals surface area contributed by atoms with Gasteiger partial charge >= 0.3 is 0 Å². The van der Waals surface area contributed by atoms with Crippen molar-refractivity contribution in [1.29, 1.82) is 0 Å². The molecule has 0 fully saturated rings. The summed E-state index contributed by atoms with van der Waals surface area (Å²) >= 11 is 0. The maximum Gasteiger partial charge on any atom is 0.286 e. The molecule has 0 saturated heterocycles. The number of carbonyl (C=O) groups excluding carboxylic acids is 1. The Morgan fingerprint density at radius 2 is 1.83 bits per heavy atom. The quantitative estimate of drug-likeness (QED) is 0.616. The number of ether oxygens (including phenoxy) is 3. The van der Waals surface area contributed by atoms with Crippen molar-refractivity contribution in [2.24, 2.45) is 0 Å². The topological polar surface area (TPSA) is 108 Å². The second kappa shape index (κ2) is 9.48. The first kappa shape index (κ1) is 20.7. The molecule has 0 saturated carbocycles. The van der Waals surface area contributed by atoms with E-state index < -0.39 is 17.8 Å². The fourth-order valence-electron chi connectivity index (χ4n) is 3.06. The lowest BCUT2D eigenvalue weighted by atomic mass is 10.3. The third-order valence-electron chi connectivity index (χ3n) is 4.45. The first-order valence-electron chi connectivity index (χ1n) is 9.49. The lowest BCUT2D eigenvalue weighted by Crippen LogP contribution is -2.39. The number of hydrogen-bond donors (Lipinski definition) is 1. The molecule has 0 aliphatic carbocycles. The Labute approximate surface area is 168 Å². The van der Waals surface area contributed by atoms with E-state index >= 15 is 0 Å². The molecule has 1 aliphatic heterocycles. The van der Waals surface area contributed by atoms with Crippen molar-refractivity contribution in [3.05, 3.63) is 40.3 Å². The summed E-state index contributed by atoms with van der Waals surface area (Å²) in [5.74, 6) is 0.532. The van der Waals surface area contributed by atoms with E-state index in [0.717, 1.165) is 11.4 Å². The van der Waals surface area contributed by atoms with Gasteiger partial charge in [0.2, 0.25) is 11.6 Å². The first-order valence-corrected chi connectivity index (χ1v) is 9.49. The van der Waals surface area contributed by atoms with Crippen molar-refractivity contribution >= 4 is 17.5 Å². The maximum atomic E-state index is 12.8. The SMILES string of the molecule is CCOC(CNC(=O)c1nnc2n(c1=O)CCN2c1ccc(OC)cc1)OCC. The molecule has 1 aliphatic rings. The molecular formula is C19H25N5O5. The van der Waals surface area contributed by atoms with Gasteiger partial charge in [0.05, 0.1) is 13.7 Å². The van der Waals surface area contributed by atoms with Crippen LogP contribution >= 0.6 is 0 Å². The van der Waals surface area contributed by atoms with Gasteiger partial charge in [0.25, 0.3) is 11.5 Å². The summed E-state index contributed by atoms with van der Waals surface area (Å²) in [7, 11) is 1.60. The summed E-state index contributed by atoms with van der Waals surface area (Å²) in [4.78, 5) is 27.1. The number of nitrogens with one attached hydrogen (secondary N) is 1. The fraction of sp³-hybridized carbons (Fsp3) is 0.474. The Kier molecular flexibility index (Phi) is 6.78. The summed E-state index contributed by atoms with van der Waals surface area (Å²) in [6, 6.07) is 7.42. The molecule has 10 heteroatoms. The van der Waals surface area contributed by atoms with Crippen LogP contribution < -0.4 is 20.5 Å². The number of rotatable bonds is 9. The summed E-state index contributed by atoms with van der Waals surface area (Å²) in [6.45, 7) is 5.64. The zero-order chi connectivity index (χ0) is 20.8. The van der Waals surface area contributed by atoms with Crippen LogP contribution in [0.25, 0.3) is 0 Å². The van der Waals surface area contributed by atoms with Crippen molar-refractivity contribution in [2.75, 3.05) is 38.3 Å². The number of amides is 1. The van der Waals surface area contributed by atoms with Gasteiger partial charge in [0.15, 0.2) is 6.29 Å². The number of fused-ring (bicyclic) bond motifs is 1. The Hall–Kier alpha value is -2.98. The third kappa shape index (κ3) is 4.54. The van der Waals surface area contributed by atoms with Gasteiger partial charge in [-0.25, -0.2) is 0 Å². The highest BCUT2D eigenvalue weighted by molar-refractivity contribution is 5.91. The minimum absolute atomic E-state index is 0.112. The third-order valence-corrected chi connectivity index (χ3v) is 4.45. The number of anilines is 2. The van der Waals surface area contributed by atoms with Gasteiger partial charge in [-0.15, -0.1) is 10.2 Å². The molecule has 0 unspecified atom stereocenters. The molecule has 2 aromatic rings. The molecule has 0 atom stereocenters. The number of methoxy groups -OCH3 is 1. The summed E-state index contributed by atoms with van der Waals surface area (Å²) < 4.78 is 17.4. The minimum Gasteiger partial charge on any atom is -0.497 e. The molecule has 0 bridgehead atoms. The molecule has 1 N–H and O–H groups in total. The van der Waals surface area contributed by atoms with Crippen LogP contribution in [0.5, 0.6) is 5.75 Å². The molecule has 3 rings (SSSR count). The average Bonchev–Trinajstić information content (AvgIpc) is 3.17. The largest absolute Gasteiger partial charge is 0.497 e. The molecule has 156 valence electrons. The summed E-state index contributed by atoms with van der Waals surface area (Å²) in [5, 5.41) is 10.6. The fourth-order valence-corrected chi connectivity index (χ4v) is 3.06. The van der Waals surface area contributed by atoms with Gasteiger partial charge in [-0.2, -0.15) is 0 Å². The van der Waals surface area contributed by atoms with Crippen LogP contribution in [0.3, 0.4) is 0 Å². The van der Waals surface area contributed by atoms with Gasteiger partial charge in [-0.3, -0.25) is 14.2 Å². The maximum absolute atomic E-state index is 12.8. The molecule has 1 aromatic carbocycles. The van der Waals surface area contributed by atoms with Gasteiger partial charge in [0.1, 0.15) is 5.75 Å². The molecular weight excluding hydrogens is 378 g/mol. The van der Waals surface area contributed by atoms with Gasteiger partial charge in [-0.1, -0.05) is 0 Å². The highest BCUT2D eigenvalue weighted by Crippen LogP contribution is 2.28. The van der Waals surface area contributed by atoms with E-state index in [4.69, 9.17) is 14.2 Å². The molecule has 0 spiro atoms. The zero-order valence-electron chi connectivity index (χ0n) is 16.8. The summed E-state index contributed by atoms with van der Waals surface area (Å²) in [6.07, 6.45) is -0.579. The lowest BCUT2D eigenvalue weighted by Gasteiger charge is -2.18. The second-order valence-electron chi connectivity index (χ2n) is 6.21. The average molecular weight is 403 g/mol. The highest BCUT2D eigenvalue weighted by atomic mass is 16.7. The van der Waals surface area contributed by atoms with Crippen LogP contribution in [-0.4, -0.2) is 60.4 Å². The van der Waals surface area contributed by atoms with Crippen LogP contribution in [0, 0.1) is 0 Å². The van der Waals surface area contributed by atoms with E-state index in [1.165, 1.54) is 4.57 Å². The number of carbonyl (C=O) groups is 1. The monoisotopic (exact) mass is 403 g/mol. The van der Waals surface area contributed by atoms with Crippen LogP contribution in [-0.2, 0) is 16.0 Å². The van der Waals surface area contributed by atoms with Crippen LogP contribution in [0.1, 0.15) is 24.3 Å². The van der Waals surface area contributed by atoms with E-state index in [1.807, 2.05) is 43.0 Å². The van der Waals surface area contributed by atoms with Crippen molar-refractivity contribution in [2.45, 2.75) is 26.7 Å². The Morgan fingerprint density at radius 3 is 2.45 bits per heavy atom. The standard InChI is InChI=1S/C19H25N5O5/c1-4-28-15(29-5-2)12-20-17(25)16-18(26)24-11-10-23(19(24)22-21-16)13-6-8-14(27-3)9-7-13/h6-9,15H,4-5,10-12H2,1-3H3,(H,20,25). The lowest BCUT2D eigenvalue weighted by molar-refractivity contribution is -0.131. The van der Waals surface area contributed by atoms with E-state index in [9.17, 15) is 9.59 Å². The predicted molar refractivity (Wildman–Crippen MR) is 106 cm³/mol. The van der Waals surface area contributed by atoms with E-state index in [-0.39, 0.29) is 12.2 Å². The highest BCUT2D eigenvalue weighted by Gasteiger charge is 2.27. The molecule has 29 heavy (non-hydrogen) atoms. The number of hydrogen-bond acceptors (Lipinski definition) is 8. The number of aromatic nitrogens is 3. The second-order valence-corrected chi connectivity index (χ2v) is 6.21. The molecule has 1 amide bonds. The first-order chi connectivity index (χ1) is 14.1. The van der Waals surface area contributed by atoms with Crippen molar-refractivity contribution in [3.63, 3.8) is 0 Å². The Bertz CT molecular complexity index is 893. The molecule has 2 heterocycles. The van der Waals surface area contributed by atoms with E-state index in [0.29, 0.717) is 32.3 Å². The Balaban J connectivity index is 1.75. The van der Waals surface area contributed by atoms with E-state index in [2.05, 4.69) is 15.5 Å². The normalized spacial score (nSPS) is 12.9. The molecule has 1 aromatic heterocycles. The Morgan fingerprint density at radius 1 is 1.14 bits per heavy atom. The van der Waals surface area contributed by atoms with Crippen molar-refractivity contribution in [1.82, 2.24) is 20.1 Å². The van der Waals surface area contributed by atoms with Gasteiger partial charge in [0, 0.05) is 32.0 Å². The number of benzene rings is 1.